The van der Waals surface area contributed by atoms with E-state index in [1.54, 1.807) is 50.8 Å². The molecule has 2 heterocycles. The molecule has 1 aliphatic heterocycles. The highest BCUT2D eigenvalue weighted by Crippen LogP contribution is 2.34. The maximum atomic E-state index is 12.8. The van der Waals surface area contributed by atoms with Gasteiger partial charge in [-0.15, -0.1) is 0 Å². The van der Waals surface area contributed by atoms with Crippen molar-refractivity contribution in [2.45, 2.75) is 12.8 Å². The molecule has 0 bridgehead atoms. The largest absolute Gasteiger partial charge is 0.493 e. The molecule has 1 aromatic heterocycles. The Bertz CT molecular complexity index is 1090. The second kappa shape index (κ2) is 11.4. The van der Waals surface area contributed by atoms with E-state index >= 15 is 0 Å². The average molecular weight is 487 g/mol. The standard InChI is InChI=1S/C22H22N4O5S2/c1-30-16-8-7-14(11-17(16)31-2)12-18-21(29)26(22(32)33-18)10-4-6-19(27)24-25-20(28)15-5-3-9-23-13-15/h3,5,7-9,11-13H,4,6,10H2,1-2H3,(H,24,27)(H,25,28)/b18-12-. The molecule has 172 valence electrons. The normalized spacial score (nSPS) is 14.4. The Kier molecular flexibility index (Phi) is 8.39. The van der Waals surface area contributed by atoms with Crippen molar-refractivity contribution in [1.82, 2.24) is 20.7 Å². The molecular formula is C22H22N4O5S2. The lowest BCUT2D eigenvalue weighted by Gasteiger charge is -2.14. The van der Waals surface area contributed by atoms with E-state index in [2.05, 4.69) is 15.8 Å². The predicted molar refractivity (Wildman–Crippen MR) is 129 cm³/mol. The molecule has 33 heavy (non-hydrogen) atoms. The number of rotatable bonds is 8. The topological polar surface area (TPSA) is 110 Å². The number of thiocarbonyl (C=S) groups is 1. The van der Waals surface area contributed by atoms with Gasteiger partial charge in [-0.25, -0.2) is 0 Å². The van der Waals surface area contributed by atoms with E-state index in [1.165, 1.54) is 22.9 Å². The summed E-state index contributed by atoms with van der Waals surface area (Å²) in [6, 6.07) is 8.56. The summed E-state index contributed by atoms with van der Waals surface area (Å²) in [7, 11) is 3.10. The van der Waals surface area contributed by atoms with Crippen molar-refractivity contribution in [2.24, 2.45) is 0 Å². The zero-order chi connectivity index (χ0) is 23.8. The van der Waals surface area contributed by atoms with Crippen molar-refractivity contribution >= 4 is 52.1 Å². The van der Waals surface area contributed by atoms with Gasteiger partial charge in [-0.1, -0.05) is 30.0 Å². The molecule has 0 unspecified atom stereocenters. The summed E-state index contributed by atoms with van der Waals surface area (Å²) in [6.45, 7) is 0.290. The number of hydrogen-bond donors (Lipinski definition) is 2. The number of nitrogens with one attached hydrogen (secondary N) is 2. The third kappa shape index (κ3) is 6.30. The first kappa shape index (κ1) is 24.2. The van der Waals surface area contributed by atoms with Crippen LogP contribution in [-0.4, -0.2) is 52.7 Å². The highest BCUT2D eigenvalue weighted by Gasteiger charge is 2.31. The highest BCUT2D eigenvalue weighted by molar-refractivity contribution is 8.26. The summed E-state index contributed by atoms with van der Waals surface area (Å²) in [6.07, 6.45) is 5.17. The molecule has 3 amide bonds. The van der Waals surface area contributed by atoms with Gasteiger partial charge in [0.05, 0.1) is 24.7 Å². The van der Waals surface area contributed by atoms with Gasteiger partial charge < -0.3 is 9.47 Å². The number of ether oxygens (including phenoxy) is 2. The number of nitrogens with zero attached hydrogens (tertiary/aromatic N) is 2. The first-order chi connectivity index (χ1) is 15.9. The van der Waals surface area contributed by atoms with Crippen molar-refractivity contribution in [2.75, 3.05) is 20.8 Å². The Morgan fingerprint density at radius 3 is 2.67 bits per heavy atom. The van der Waals surface area contributed by atoms with Crippen LogP contribution in [0.3, 0.4) is 0 Å². The number of benzene rings is 1. The molecule has 3 rings (SSSR count). The molecule has 1 fully saturated rings. The summed E-state index contributed by atoms with van der Waals surface area (Å²) in [5, 5.41) is 0. The van der Waals surface area contributed by atoms with Gasteiger partial charge in [0.2, 0.25) is 5.91 Å². The number of thioether (sulfide) groups is 1. The zero-order valence-electron chi connectivity index (χ0n) is 18.0. The Morgan fingerprint density at radius 1 is 1.18 bits per heavy atom. The molecule has 1 saturated heterocycles. The van der Waals surface area contributed by atoms with Crippen LogP contribution in [0.15, 0.2) is 47.6 Å². The van der Waals surface area contributed by atoms with Crippen LogP contribution in [0.2, 0.25) is 0 Å². The van der Waals surface area contributed by atoms with Gasteiger partial charge in [0.15, 0.2) is 11.5 Å². The third-order valence-electron chi connectivity index (χ3n) is 4.60. The summed E-state index contributed by atoms with van der Waals surface area (Å²) in [5.74, 6) is 0.0952. The molecule has 2 N–H and O–H groups in total. The summed E-state index contributed by atoms with van der Waals surface area (Å²) in [4.78, 5) is 42.5. The average Bonchev–Trinajstić information content (AvgIpc) is 3.10. The lowest BCUT2D eigenvalue weighted by molar-refractivity contribution is -0.124. The lowest BCUT2D eigenvalue weighted by Crippen LogP contribution is -2.42. The fraction of sp³-hybridized carbons (Fsp3) is 0.227. The fourth-order valence-electron chi connectivity index (χ4n) is 2.94. The van der Waals surface area contributed by atoms with Gasteiger partial charge in [-0.05, 0) is 42.3 Å². The van der Waals surface area contributed by atoms with E-state index in [-0.39, 0.29) is 24.8 Å². The van der Waals surface area contributed by atoms with E-state index in [4.69, 9.17) is 21.7 Å². The molecule has 1 aromatic carbocycles. The van der Waals surface area contributed by atoms with Crippen LogP contribution in [0.25, 0.3) is 6.08 Å². The lowest BCUT2D eigenvalue weighted by atomic mass is 10.2. The molecule has 2 aromatic rings. The maximum Gasteiger partial charge on any atom is 0.271 e. The first-order valence-electron chi connectivity index (χ1n) is 9.89. The number of pyridine rings is 1. The number of carbonyl (C=O) groups excluding carboxylic acids is 3. The summed E-state index contributed by atoms with van der Waals surface area (Å²) >= 11 is 6.54. The van der Waals surface area contributed by atoms with Crippen molar-refractivity contribution in [3.05, 3.63) is 58.8 Å². The quantitative estimate of drug-likeness (QED) is 0.333. The van der Waals surface area contributed by atoms with E-state index in [0.29, 0.717) is 32.7 Å². The molecule has 11 heteroatoms. The van der Waals surface area contributed by atoms with Crippen LogP contribution in [0, 0.1) is 0 Å². The fourth-order valence-corrected chi connectivity index (χ4v) is 4.25. The minimum Gasteiger partial charge on any atom is -0.493 e. The minimum absolute atomic E-state index is 0.110. The van der Waals surface area contributed by atoms with Crippen LogP contribution in [0.1, 0.15) is 28.8 Å². The predicted octanol–water partition coefficient (Wildman–Crippen LogP) is 2.54. The highest BCUT2D eigenvalue weighted by atomic mass is 32.2. The molecule has 1 aliphatic rings. The van der Waals surface area contributed by atoms with Crippen molar-refractivity contribution in [3.8, 4) is 11.5 Å². The number of methoxy groups -OCH3 is 2. The van der Waals surface area contributed by atoms with Crippen molar-refractivity contribution in [3.63, 3.8) is 0 Å². The van der Waals surface area contributed by atoms with Crippen molar-refractivity contribution in [1.29, 1.82) is 0 Å². The van der Waals surface area contributed by atoms with E-state index in [9.17, 15) is 14.4 Å². The Balaban J connectivity index is 1.50. The number of hydrogen-bond acceptors (Lipinski definition) is 8. The molecule has 0 atom stereocenters. The van der Waals surface area contributed by atoms with Gasteiger partial charge in [-0.2, -0.15) is 0 Å². The van der Waals surface area contributed by atoms with Gasteiger partial charge in [0.1, 0.15) is 4.32 Å². The SMILES string of the molecule is COc1ccc(/C=C2\SC(=S)N(CCCC(=O)NNC(=O)c3cccnc3)C2=O)cc1OC. The van der Waals surface area contributed by atoms with Gasteiger partial charge in [-0.3, -0.25) is 35.1 Å². The third-order valence-corrected chi connectivity index (χ3v) is 5.98. The molecule has 0 aliphatic carbocycles. The molecule has 0 spiro atoms. The Labute approximate surface area is 200 Å². The van der Waals surface area contributed by atoms with E-state index in [1.807, 2.05) is 6.07 Å². The van der Waals surface area contributed by atoms with Gasteiger partial charge >= 0.3 is 0 Å². The van der Waals surface area contributed by atoms with Gasteiger partial charge in [0.25, 0.3) is 11.8 Å². The molecular weight excluding hydrogens is 464 g/mol. The van der Waals surface area contributed by atoms with Crippen molar-refractivity contribution < 1.29 is 23.9 Å². The first-order valence-corrected chi connectivity index (χ1v) is 11.1. The van der Waals surface area contributed by atoms with Crippen LogP contribution >= 0.6 is 24.0 Å². The maximum absolute atomic E-state index is 12.8. The van der Waals surface area contributed by atoms with E-state index in [0.717, 1.165) is 5.56 Å². The second-order valence-electron chi connectivity index (χ2n) is 6.80. The number of hydrazine groups is 1. The van der Waals surface area contributed by atoms with E-state index < -0.39 is 5.91 Å². The van der Waals surface area contributed by atoms with Crippen LogP contribution in [-0.2, 0) is 9.59 Å². The molecule has 0 radical (unpaired) electrons. The monoisotopic (exact) mass is 486 g/mol. The zero-order valence-corrected chi connectivity index (χ0v) is 19.6. The summed E-state index contributed by atoms with van der Waals surface area (Å²) in [5.41, 5.74) is 5.78. The van der Waals surface area contributed by atoms with Crippen LogP contribution in [0.4, 0.5) is 0 Å². The van der Waals surface area contributed by atoms with Crippen LogP contribution in [0.5, 0.6) is 11.5 Å². The smallest absolute Gasteiger partial charge is 0.271 e. The number of carbonyl (C=O) groups is 3. The molecule has 0 saturated carbocycles. The van der Waals surface area contributed by atoms with Crippen LogP contribution < -0.4 is 20.3 Å². The number of amides is 3. The number of aromatic nitrogens is 1. The molecule has 9 nitrogen and oxygen atoms in total. The second-order valence-corrected chi connectivity index (χ2v) is 8.47. The Morgan fingerprint density at radius 2 is 1.97 bits per heavy atom. The summed E-state index contributed by atoms with van der Waals surface area (Å²) < 4.78 is 11.0. The minimum atomic E-state index is -0.464. The Hall–Kier alpha value is -3.44. The van der Waals surface area contributed by atoms with Gasteiger partial charge in [0, 0.05) is 25.4 Å².